The maximum atomic E-state index is 12.9. The summed E-state index contributed by atoms with van der Waals surface area (Å²) in [5, 5.41) is 0.905. The van der Waals surface area contributed by atoms with E-state index in [0.717, 1.165) is 26.9 Å². The molecule has 0 saturated carbocycles. The number of thioether (sulfide) groups is 1. The highest BCUT2D eigenvalue weighted by molar-refractivity contribution is 7.99. The topological polar surface area (TPSA) is 57.5 Å². The molecule has 0 saturated heterocycles. The molecule has 0 N–H and O–H groups in total. The second-order valence-electron chi connectivity index (χ2n) is 6.40. The number of hydrogen-bond acceptors (Lipinski definition) is 6. The molecule has 0 aliphatic carbocycles. The van der Waals surface area contributed by atoms with Gasteiger partial charge in [-0.1, -0.05) is 41.7 Å². The number of hydrogen-bond donors (Lipinski definition) is 0. The van der Waals surface area contributed by atoms with E-state index in [1.807, 2.05) is 54.6 Å². The van der Waals surface area contributed by atoms with E-state index in [9.17, 15) is 9.59 Å². The number of fused-ring (bicyclic) bond motifs is 1. The van der Waals surface area contributed by atoms with E-state index in [0.29, 0.717) is 5.75 Å². The summed E-state index contributed by atoms with van der Waals surface area (Å²) in [7, 11) is 3.03. The number of nitrogens with zero attached hydrogens (tertiary/aromatic N) is 1. The van der Waals surface area contributed by atoms with Gasteiger partial charge in [-0.3, -0.25) is 14.2 Å². The van der Waals surface area contributed by atoms with Crippen LogP contribution in [0.15, 0.2) is 64.4 Å². The minimum atomic E-state index is -0.349. The summed E-state index contributed by atoms with van der Waals surface area (Å²) in [6.45, 7) is 0. The highest BCUT2D eigenvalue weighted by atomic mass is 32.2. The van der Waals surface area contributed by atoms with E-state index in [-0.39, 0.29) is 22.7 Å². The fourth-order valence-corrected chi connectivity index (χ4v) is 6.20. The number of para-hydroxylation sites is 1. The lowest BCUT2D eigenvalue weighted by Crippen LogP contribution is -2.29. The Bertz CT molecular complexity index is 1040. The lowest BCUT2D eigenvalue weighted by Gasteiger charge is -2.30. The van der Waals surface area contributed by atoms with Crippen LogP contribution < -0.4 is 9.61 Å². The van der Waals surface area contributed by atoms with Crippen molar-refractivity contribution in [1.29, 1.82) is 0 Å². The number of methoxy groups -OCH3 is 2. The first-order valence-corrected chi connectivity index (χ1v) is 10.6. The van der Waals surface area contributed by atoms with Crippen LogP contribution in [0.2, 0.25) is 0 Å². The summed E-state index contributed by atoms with van der Waals surface area (Å²) in [6, 6.07) is 17.3. The SMILES string of the molecule is COC(=O)[C@H]1CSc2c(sc(=O)n2-c2ccccc2)[C@@H]1c1ccc(OC)cc1. The van der Waals surface area contributed by atoms with Crippen LogP contribution in [0.4, 0.5) is 0 Å². The molecule has 1 aliphatic heterocycles. The molecule has 0 fully saturated rings. The first-order chi connectivity index (χ1) is 13.6. The number of ether oxygens (including phenoxy) is 2. The molecule has 1 aromatic heterocycles. The Morgan fingerprint density at radius 2 is 1.79 bits per heavy atom. The van der Waals surface area contributed by atoms with Crippen molar-refractivity contribution in [3.8, 4) is 11.4 Å². The number of rotatable bonds is 4. The summed E-state index contributed by atoms with van der Waals surface area (Å²) in [6.07, 6.45) is 0. The Hall–Kier alpha value is -2.51. The van der Waals surface area contributed by atoms with Crippen LogP contribution in [0.1, 0.15) is 16.4 Å². The van der Waals surface area contributed by atoms with Crippen molar-refractivity contribution in [2.75, 3.05) is 20.0 Å². The second-order valence-corrected chi connectivity index (χ2v) is 8.40. The van der Waals surface area contributed by atoms with Gasteiger partial charge in [0.2, 0.25) is 0 Å². The van der Waals surface area contributed by atoms with Crippen molar-refractivity contribution in [2.45, 2.75) is 10.9 Å². The van der Waals surface area contributed by atoms with Gasteiger partial charge in [-0.2, -0.15) is 0 Å². The molecule has 2 aromatic carbocycles. The monoisotopic (exact) mass is 413 g/mol. The quantitative estimate of drug-likeness (QED) is 0.607. The normalized spacial score (nSPS) is 18.4. The zero-order valence-electron chi connectivity index (χ0n) is 15.5. The van der Waals surface area contributed by atoms with Crippen molar-refractivity contribution >= 4 is 29.1 Å². The molecule has 1 aliphatic rings. The van der Waals surface area contributed by atoms with E-state index in [1.54, 1.807) is 11.7 Å². The Morgan fingerprint density at radius 3 is 2.43 bits per heavy atom. The van der Waals surface area contributed by atoms with E-state index >= 15 is 0 Å². The molecule has 2 atom stereocenters. The van der Waals surface area contributed by atoms with Gasteiger partial charge in [-0.25, -0.2) is 0 Å². The second kappa shape index (κ2) is 7.85. The van der Waals surface area contributed by atoms with Gasteiger partial charge < -0.3 is 9.47 Å². The van der Waals surface area contributed by atoms with E-state index in [2.05, 4.69) is 0 Å². The summed E-state index contributed by atoms with van der Waals surface area (Å²) in [4.78, 5) is 26.2. The van der Waals surface area contributed by atoms with Gasteiger partial charge in [0.15, 0.2) is 0 Å². The molecule has 7 heteroatoms. The van der Waals surface area contributed by atoms with Crippen molar-refractivity contribution in [3.63, 3.8) is 0 Å². The van der Waals surface area contributed by atoms with Crippen molar-refractivity contribution < 1.29 is 14.3 Å². The molecule has 0 amide bonds. The van der Waals surface area contributed by atoms with E-state index < -0.39 is 0 Å². The summed E-state index contributed by atoms with van der Waals surface area (Å²) < 4.78 is 12.1. The summed E-state index contributed by atoms with van der Waals surface area (Å²) >= 11 is 2.74. The van der Waals surface area contributed by atoms with E-state index in [4.69, 9.17) is 9.47 Å². The molecule has 0 bridgehead atoms. The maximum absolute atomic E-state index is 12.9. The Kier molecular flexibility index (Phi) is 5.28. The number of carbonyl (C=O) groups excluding carboxylic acids is 1. The summed E-state index contributed by atoms with van der Waals surface area (Å²) in [5.41, 5.74) is 1.81. The van der Waals surface area contributed by atoms with E-state index in [1.165, 1.54) is 30.2 Å². The minimum Gasteiger partial charge on any atom is -0.497 e. The molecule has 5 nitrogen and oxygen atoms in total. The number of thiazole rings is 1. The molecule has 144 valence electrons. The van der Waals surface area contributed by atoms with Gasteiger partial charge in [0.25, 0.3) is 0 Å². The molecule has 0 unspecified atom stereocenters. The third kappa shape index (κ3) is 3.25. The predicted molar refractivity (Wildman–Crippen MR) is 111 cm³/mol. The van der Waals surface area contributed by atoms with Crippen LogP contribution >= 0.6 is 23.1 Å². The van der Waals surface area contributed by atoms with Gasteiger partial charge in [-0.05, 0) is 29.8 Å². The number of esters is 1. The molecule has 0 radical (unpaired) electrons. The van der Waals surface area contributed by atoms with Gasteiger partial charge in [0.05, 0.1) is 30.9 Å². The number of benzene rings is 2. The van der Waals surface area contributed by atoms with Crippen LogP contribution in [0, 0.1) is 5.92 Å². The minimum absolute atomic E-state index is 0.0484. The largest absolute Gasteiger partial charge is 0.497 e. The zero-order chi connectivity index (χ0) is 19.7. The van der Waals surface area contributed by atoms with Crippen LogP contribution in [0.25, 0.3) is 5.69 Å². The molecule has 2 heterocycles. The molecular weight excluding hydrogens is 394 g/mol. The smallest absolute Gasteiger partial charge is 0.312 e. The van der Waals surface area contributed by atoms with Crippen LogP contribution in [0.3, 0.4) is 0 Å². The average Bonchev–Trinajstić information content (AvgIpc) is 3.09. The highest BCUT2D eigenvalue weighted by Gasteiger charge is 2.40. The van der Waals surface area contributed by atoms with Gasteiger partial charge in [0.1, 0.15) is 5.75 Å². The lowest BCUT2D eigenvalue weighted by atomic mass is 9.85. The lowest BCUT2D eigenvalue weighted by molar-refractivity contribution is -0.145. The molecule has 3 aromatic rings. The van der Waals surface area contributed by atoms with Crippen LogP contribution in [-0.4, -0.2) is 30.5 Å². The maximum Gasteiger partial charge on any atom is 0.312 e. The Morgan fingerprint density at radius 1 is 1.07 bits per heavy atom. The van der Waals surface area contributed by atoms with Crippen LogP contribution in [-0.2, 0) is 9.53 Å². The standard InChI is InChI=1S/C21H19NO4S2/c1-25-15-10-8-13(9-11-15)17-16(20(23)26-2)12-27-19-18(17)28-21(24)22(19)14-6-4-3-5-7-14/h3-11,16-17H,12H2,1-2H3/t16-,17+/m0/s1. The fraction of sp³-hybridized carbons (Fsp3) is 0.238. The fourth-order valence-electron chi connectivity index (χ4n) is 3.51. The van der Waals surface area contributed by atoms with Crippen molar-refractivity contribution in [1.82, 2.24) is 4.57 Å². The predicted octanol–water partition coefficient (Wildman–Crippen LogP) is 3.93. The Labute approximate surface area is 170 Å². The van der Waals surface area contributed by atoms with Gasteiger partial charge >= 0.3 is 10.8 Å². The first kappa shape index (κ1) is 18.8. The number of carbonyl (C=O) groups is 1. The highest BCUT2D eigenvalue weighted by Crippen LogP contribution is 2.47. The third-order valence-corrected chi connectivity index (χ3v) is 7.23. The Balaban J connectivity index is 1.87. The van der Waals surface area contributed by atoms with Crippen LogP contribution in [0.5, 0.6) is 5.75 Å². The molecular formula is C21H19NO4S2. The van der Waals surface area contributed by atoms with Crippen molar-refractivity contribution in [2.24, 2.45) is 5.92 Å². The zero-order valence-corrected chi connectivity index (χ0v) is 17.1. The molecule has 28 heavy (non-hydrogen) atoms. The van der Waals surface area contributed by atoms with Crippen molar-refractivity contribution in [3.05, 3.63) is 74.7 Å². The van der Waals surface area contributed by atoms with Gasteiger partial charge in [-0.15, -0.1) is 11.8 Å². The average molecular weight is 414 g/mol. The first-order valence-electron chi connectivity index (χ1n) is 8.79. The summed E-state index contributed by atoms with van der Waals surface area (Å²) in [5.74, 6) is 0.472. The number of aromatic nitrogens is 1. The third-order valence-electron chi connectivity index (χ3n) is 4.87. The molecule has 0 spiro atoms. The van der Waals surface area contributed by atoms with Gasteiger partial charge in [0, 0.05) is 16.5 Å². The molecule has 4 rings (SSSR count).